The zero-order valence-electron chi connectivity index (χ0n) is 12.4. The molecule has 1 aliphatic heterocycles. The minimum Gasteiger partial charge on any atom is -0.481 e. The molecule has 2 amide bonds. The van der Waals surface area contributed by atoms with Crippen LogP contribution in [0.3, 0.4) is 0 Å². The minimum atomic E-state index is -0.823. The van der Waals surface area contributed by atoms with Gasteiger partial charge in [-0.25, -0.2) is 0 Å². The van der Waals surface area contributed by atoms with Gasteiger partial charge in [-0.2, -0.15) is 0 Å². The number of para-hydroxylation sites is 1. The number of carboxylic acid groups (broad SMARTS) is 1. The monoisotopic (exact) mass is 336 g/mol. The van der Waals surface area contributed by atoms with Crippen LogP contribution in [-0.2, 0) is 14.4 Å². The number of aliphatic carboxylic acids is 1. The van der Waals surface area contributed by atoms with E-state index in [1.54, 1.807) is 24.3 Å². The zero-order valence-corrected chi connectivity index (χ0v) is 13.1. The van der Waals surface area contributed by atoms with Gasteiger partial charge in [0, 0.05) is 19.0 Å². The van der Waals surface area contributed by atoms with Gasteiger partial charge in [-0.3, -0.25) is 14.4 Å². The Morgan fingerprint density at radius 3 is 2.57 bits per heavy atom. The van der Waals surface area contributed by atoms with Crippen molar-refractivity contribution in [2.75, 3.05) is 11.4 Å². The Balaban J connectivity index is 1.58. The molecule has 2 aliphatic rings. The number of hydrogen-bond donors (Lipinski definition) is 2. The summed E-state index contributed by atoms with van der Waals surface area (Å²) in [5.41, 5.74) is 0.615. The number of hydrogen-bond acceptors (Lipinski definition) is 3. The molecule has 1 aromatic carbocycles. The van der Waals surface area contributed by atoms with Crippen molar-refractivity contribution < 1.29 is 19.5 Å². The molecule has 1 unspecified atom stereocenters. The van der Waals surface area contributed by atoms with Crippen LogP contribution in [0.4, 0.5) is 5.69 Å². The Bertz CT molecular complexity index is 657. The smallest absolute Gasteiger partial charge is 0.306 e. The lowest BCUT2D eigenvalue weighted by Gasteiger charge is -2.33. The van der Waals surface area contributed by atoms with Crippen molar-refractivity contribution in [2.45, 2.75) is 25.3 Å². The van der Waals surface area contributed by atoms with Crippen molar-refractivity contribution >= 4 is 35.1 Å². The van der Waals surface area contributed by atoms with Gasteiger partial charge in [0.1, 0.15) is 0 Å². The van der Waals surface area contributed by atoms with Gasteiger partial charge in [-0.05, 0) is 25.0 Å². The van der Waals surface area contributed by atoms with Gasteiger partial charge in [0.2, 0.25) is 11.8 Å². The van der Waals surface area contributed by atoms with Crippen molar-refractivity contribution in [1.29, 1.82) is 0 Å². The number of carbonyl (C=O) groups is 3. The summed E-state index contributed by atoms with van der Waals surface area (Å²) in [6.45, 7) is 0.295. The normalized spacial score (nSPS) is 26.7. The van der Waals surface area contributed by atoms with Gasteiger partial charge in [0.15, 0.2) is 0 Å². The van der Waals surface area contributed by atoms with Crippen LogP contribution >= 0.6 is 11.6 Å². The van der Waals surface area contributed by atoms with E-state index in [0.717, 1.165) is 0 Å². The highest BCUT2D eigenvalue weighted by Crippen LogP contribution is 2.32. The molecular formula is C16H17ClN2O4. The van der Waals surface area contributed by atoms with Gasteiger partial charge in [0.25, 0.3) is 0 Å². The number of benzene rings is 1. The number of anilines is 1. The van der Waals surface area contributed by atoms with Crippen LogP contribution in [0, 0.1) is 11.8 Å². The molecule has 1 saturated heterocycles. The predicted molar refractivity (Wildman–Crippen MR) is 84.2 cm³/mol. The second-order valence-electron chi connectivity index (χ2n) is 6.07. The summed E-state index contributed by atoms with van der Waals surface area (Å²) >= 11 is 6.11. The topological polar surface area (TPSA) is 86.7 Å². The third-order valence-corrected chi connectivity index (χ3v) is 4.79. The number of amides is 2. The van der Waals surface area contributed by atoms with Crippen molar-refractivity contribution in [1.82, 2.24) is 5.32 Å². The van der Waals surface area contributed by atoms with Crippen LogP contribution in [0.5, 0.6) is 0 Å². The van der Waals surface area contributed by atoms with Crippen molar-refractivity contribution in [3.8, 4) is 0 Å². The summed E-state index contributed by atoms with van der Waals surface area (Å²) in [4.78, 5) is 36.7. The maximum atomic E-state index is 12.3. The van der Waals surface area contributed by atoms with Crippen LogP contribution < -0.4 is 10.2 Å². The van der Waals surface area contributed by atoms with E-state index in [2.05, 4.69) is 5.32 Å². The van der Waals surface area contributed by atoms with Gasteiger partial charge >= 0.3 is 5.97 Å². The van der Waals surface area contributed by atoms with E-state index < -0.39 is 11.9 Å². The molecule has 1 saturated carbocycles. The molecule has 3 rings (SSSR count). The molecule has 0 bridgehead atoms. The zero-order chi connectivity index (χ0) is 16.6. The fraction of sp³-hybridized carbons (Fsp3) is 0.438. The first-order valence-electron chi connectivity index (χ1n) is 7.53. The van der Waals surface area contributed by atoms with E-state index in [1.807, 2.05) is 0 Å². The first-order valence-corrected chi connectivity index (χ1v) is 7.91. The minimum absolute atomic E-state index is 0.104. The summed E-state index contributed by atoms with van der Waals surface area (Å²) in [5, 5.41) is 12.2. The molecule has 2 fully saturated rings. The van der Waals surface area contributed by atoms with Crippen LogP contribution in [0.25, 0.3) is 0 Å². The summed E-state index contributed by atoms with van der Waals surface area (Å²) in [7, 11) is 0. The Morgan fingerprint density at radius 1 is 1.22 bits per heavy atom. The van der Waals surface area contributed by atoms with Crippen LogP contribution in [-0.4, -0.2) is 35.5 Å². The molecule has 0 spiro atoms. The highest BCUT2D eigenvalue weighted by Gasteiger charge is 2.40. The molecule has 23 heavy (non-hydrogen) atoms. The second kappa shape index (κ2) is 6.20. The summed E-state index contributed by atoms with van der Waals surface area (Å²) in [5.74, 6) is -1.94. The lowest BCUT2D eigenvalue weighted by molar-refractivity contribution is -0.146. The molecule has 122 valence electrons. The summed E-state index contributed by atoms with van der Waals surface area (Å²) in [6, 6.07) is 6.93. The molecule has 6 nitrogen and oxygen atoms in total. The van der Waals surface area contributed by atoms with Crippen molar-refractivity contribution in [2.24, 2.45) is 11.8 Å². The molecule has 1 atom stereocenters. The number of nitrogens with zero attached hydrogens (tertiary/aromatic N) is 1. The standard InChI is InChI=1S/C16H17ClN2O4/c17-12-3-1-2-4-13(12)19-8-10(7-14(19)20)15(21)18-11-5-9(6-11)16(22)23/h1-4,9-11H,5-8H2,(H,18,21)(H,22,23). The molecule has 0 aromatic heterocycles. The van der Waals surface area contributed by atoms with E-state index in [0.29, 0.717) is 30.1 Å². The van der Waals surface area contributed by atoms with Crippen LogP contribution in [0.15, 0.2) is 24.3 Å². The highest BCUT2D eigenvalue weighted by atomic mass is 35.5. The lowest BCUT2D eigenvalue weighted by atomic mass is 9.80. The fourth-order valence-electron chi connectivity index (χ4n) is 3.04. The Hall–Kier alpha value is -2.08. The van der Waals surface area contributed by atoms with Gasteiger partial charge < -0.3 is 15.3 Å². The van der Waals surface area contributed by atoms with E-state index >= 15 is 0 Å². The molecule has 1 aliphatic carbocycles. The predicted octanol–water partition coefficient (Wildman–Crippen LogP) is 1.67. The molecular weight excluding hydrogens is 320 g/mol. The number of rotatable bonds is 4. The Morgan fingerprint density at radius 2 is 1.91 bits per heavy atom. The van der Waals surface area contributed by atoms with E-state index in [1.165, 1.54) is 4.90 Å². The van der Waals surface area contributed by atoms with Gasteiger partial charge in [-0.1, -0.05) is 23.7 Å². The number of carbonyl (C=O) groups excluding carboxylic acids is 2. The van der Waals surface area contributed by atoms with Gasteiger partial charge in [0.05, 0.1) is 22.5 Å². The number of nitrogens with one attached hydrogen (secondary N) is 1. The average molecular weight is 337 g/mol. The first kappa shape index (κ1) is 15.8. The van der Waals surface area contributed by atoms with Crippen molar-refractivity contribution in [3.63, 3.8) is 0 Å². The fourth-order valence-corrected chi connectivity index (χ4v) is 3.28. The van der Waals surface area contributed by atoms with Crippen LogP contribution in [0.2, 0.25) is 5.02 Å². The number of carboxylic acids is 1. The second-order valence-corrected chi connectivity index (χ2v) is 6.48. The summed E-state index contributed by atoms with van der Waals surface area (Å²) < 4.78 is 0. The van der Waals surface area contributed by atoms with Gasteiger partial charge in [-0.15, -0.1) is 0 Å². The Labute approximate surface area is 138 Å². The maximum absolute atomic E-state index is 12.3. The highest BCUT2D eigenvalue weighted by molar-refractivity contribution is 6.33. The van der Waals surface area contributed by atoms with E-state index in [9.17, 15) is 14.4 Å². The average Bonchev–Trinajstić information content (AvgIpc) is 2.84. The Kier molecular flexibility index (Phi) is 4.26. The van der Waals surface area contributed by atoms with E-state index in [4.69, 9.17) is 16.7 Å². The molecule has 1 aromatic rings. The molecule has 1 heterocycles. The van der Waals surface area contributed by atoms with Crippen molar-refractivity contribution in [3.05, 3.63) is 29.3 Å². The maximum Gasteiger partial charge on any atom is 0.306 e. The summed E-state index contributed by atoms with van der Waals surface area (Å²) in [6.07, 6.45) is 1.05. The number of halogens is 1. The molecule has 2 N–H and O–H groups in total. The third kappa shape index (κ3) is 3.17. The lowest BCUT2D eigenvalue weighted by Crippen LogP contribution is -2.48. The molecule has 0 radical (unpaired) electrons. The third-order valence-electron chi connectivity index (χ3n) is 4.47. The quantitative estimate of drug-likeness (QED) is 0.875. The largest absolute Gasteiger partial charge is 0.481 e. The SMILES string of the molecule is O=C(O)C1CC(NC(=O)C2CC(=O)N(c3ccccc3Cl)C2)C1. The molecule has 7 heteroatoms. The van der Waals surface area contributed by atoms with E-state index in [-0.39, 0.29) is 30.2 Å². The first-order chi connectivity index (χ1) is 11.0. The van der Waals surface area contributed by atoms with Crippen LogP contribution in [0.1, 0.15) is 19.3 Å².